The number of aryl methyl sites for hydroxylation is 2. The number of allylic oxidation sites excluding steroid dienone is 1. The lowest BCUT2D eigenvalue weighted by atomic mass is 10.1. The van der Waals surface area contributed by atoms with E-state index < -0.39 is 0 Å². The molecule has 0 saturated carbocycles. The van der Waals surface area contributed by atoms with Crippen LogP contribution in [0, 0.1) is 13.8 Å². The van der Waals surface area contributed by atoms with E-state index >= 15 is 0 Å². The predicted octanol–water partition coefficient (Wildman–Crippen LogP) is 3.98. The van der Waals surface area contributed by atoms with Gasteiger partial charge >= 0.3 is 0 Å². The molecule has 1 rings (SSSR count). The Morgan fingerprint density at radius 3 is 2.53 bits per heavy atom. The molecular weight excluding hydrogens is 258 g/mol. The van der Waals surface area contributed by atoms with Crippen molar-refractivity contribution in [1.82, 2.24) is 0 Å². The molecule has 0 aliphatic heterocycles. The monoisotopic (exact) mass is 279 g/mol. The molecule has 0 saturated heterocycles. The molecule has 19 heavy (non-hydrogen) atoms. The molecule has 0 unspecified atom stereocenters. The van der Waals surface area contributed by atoms with Crippen LogP contribution >= 0.6 is 11.8 Å². The highest BCUT2D eigenvalue weighted by atomic mass is 32.2. The molecule has 0 spiro atoms. The Labute approximate surface area is 119 Å². The molecule has 0 bridgehead atoms. The van der Waals surface area contributed by atoms with Crippen LogP contribution in [-0.4, -0.2) is 25.7 Å². The van der Waals surface area contributed by atoms with E-state index in [0.717, 1.165) is 22.6 Å². The Bertz CT molecular complexity index is 432. The van der Waals surface area contributed by atoms with Gasteiger partial charge in [-0.3, -0.25) is 0 Å². The van der Waals surface area contributed by atoms with E-state index in [4.69, 9.17) is 4.74 Å². The Morgan fingerprint density at radius 1 is 1.26 bits per heavy atom. The zero-order valence-electron chi connectivity index (χ0n) is 12.0. The van der Waals surface area contributed by atoms with Crippen LogP contribution in [0.5, 0.6) is 5.75 Å². The van der Waals surface area contributed by atoms with Gasteiger partial charge in [0.1, 0.15) is 19.5 Å². The van der Waals surface area contributed by atoms with Crippen LogP contribution in [0.3, 0.4) is 0 Å². The fourth-order valence-corrected chi connectivity index (χ4v) is 2.69. The van der Waals surface area contributed by atoms with Crippen molar-refractivity contribution in [2.45, 2.75) is 25.7 Å². The molecule has 104 valence electrons. The van der Waals surface area contributed by atoms with Crippen LogP contribution in [0.15, 0.2) is 34.3 Å². The summed E-state index contributed by atoms with van der Waals surface area (Å²) in [7, 11) is 1.52. The molecule has 0 aromatic heterocycles. The van der Waals surface area contributed by atoms with Crippen molar-refractivity contribution >= 4 is 18.0 Å². The second-order valence-corrected chi connectivity index (χ2v) is 5.14. The number of benzene rings is 1. The van der Waals surface area contributed by atoms with Crippen LogP contribution < -0.4 is 4.74 Å². The largest absolute Gasteiger partial charge is 0.487 e. The molecule has 1 aromatic rings. The molecule has 1 aromatic carbocycles. The molecule has 0 heterocycles. The van der Waals surface area contributed by atoms with Gasteiger partial charge in [0.15, 0.2) is 0 Å². The average Bonchev–Trinajstić information content (AvgIpc) is 2.37. The minimum Gasteiger partial charge on any atom is -0.487 e. The number of oxime groups is 1. The van der Waals surface area contributed by atoms with E-state index in [0.29, 0.717) is 6.61 Å². The summed E-state index contributed by atoms with van der Waals surface area (Å²) in [6.07, 6.45) is 5.83. The summed E-state index contributed by atoms with van der Waals surface area (Å²) in [5, 5.41) is 3.65. The van der Waals surface area contributed by atoms with Crippen LogP contribution in [0.2, 0.25) is 0 Å². The second kappa shape index (κ2) is 8.64. The van der Waals surface area contributed by atoms with Gasteiger partial charge in [-0.1, -0.05) is 17.3 Å². The van der Waals surface area contributed by atoms with Crippen molar-refractivity contribution in [1.29, 1.82) is 0 Å². The van der Waals surface area contributed by atoms with Crippen LogP contribution in [-0.2, 0) is 4.84 Å². The number of ether oxygens (including phenoxy) is 1. The van der Waals surface area contributed by atoms with Gasteiger partial charge < -0.3 is 9.57 Å². The van der Waals surface area contributed by atoms with Gasteiger partial charge in [-0.2, -0.15) is 0 Å². The smallest absolute Gasteiger partial charge is 0.127 e. The molecule has 0 aliphatic rings. The Morgan fingerprint density at radius 2 is 1.95 bits per heavy atom. The maximum atomic E-state index is 5.70. The van der Waals surface area contributed by atoms with Gasteiger partial charge in [0, 0.05) is 10.6 Å². The van der Waals surface area contributed by atoms with E-state index in [2.05, 4.69) is 48.1 Å². The Kier molecular flexibility index (Phi) is 7.11. The lowest BCUT2D eigenvalue weighted by molar-refractivity contribution is 0.212. The zero-order valence-corrected chi connectivity index (χ0v) is 12.8. The summed E-state index contributed by atoms with van der Waals surface area (Å²) in [6, 6.07) is 4.31. The minimum atomic E-state index is 0.417. The molecule has 0 N–H and O–H groups in total. The summed E-state index contributed by atoms with van der Waals surface area (Å²) < 4.78 is 5.70. The van der Waals surface area contributed by atoms with Crippen molar-refractivity contribution in [2.75, 3.05) is 19.5 Å². The lowest BCUT2D eigenvalue weighted by Gasteiger charge is -2.12. The first-order chi connectivity index (χ1) is 9.19. The number of hydrogen-bond donors (Lipinski definition) is 0. The first-order valence-corrected chi connectivity index (χ1v) is 7.20. The minimum absolute atomic E-state index is 0.417. The number of hydrogen-bond acceptors (Lipinski definition) is 4. The van der Waals surface area contributed by atoms with Gasteiger partial charge in [0.25, 0.3) is 0 Å². The maximum absolute atomic E-state index is 5.70. The van der Waals surface area contributed by atoms with E-state index in [1.807, 2.05) is 18.7 Å². The molecule has 3 nitrogen and oxygen atoms in total. The molecular formula is C15H21NO2S. The fourth-order valence-electron chi connectivity index (χ4n) is 1.69. The van der Waals surface area contributed by atoms with E-state index in [9.17, 15) is 0 Å². The molecule has 0 aliphatic carbocycles. The van der Waals surface area contributed by atoms with Crippen molar-refractivity contribution < 1.29 is 9.57 Å². The molecule has 0 atom stereocenters. The number of thioether (sulfide) groups is 1. The van der Waals surface area contributed by atoms with Gasteiger partial charge in [0.2, 0.25) is 0 Å². The highest BCUT2D eigenvalue weighted by Gasteiger charge is 2.06. The SMILES string of the molecule is C/C=C/CSc1cc(C)c(OCC=NOC)c(C)c1. The highest BCUT2D eigenvalue weighted by Crippen LogP contribution is 2.29. The second-order valence-electron chi connectivity index (χ2n) is 4.05. The standard InChI is InChI=1S/C15H21NO2S/c1-5-6-9-19-14-10-12(2)15(13(3)11-14)18-8-7-16-17-4/h5-7,10-11H,8-9H2,1-4H3/b6-5+,16-7?. The average molecular weight is 279 g/mol. The molecule has 4 heteroatoms. The van der Waals surface area contributed by atoms with Crippen molar-refractivity contribution in [3.63, 3.8) is 0 Å². The van der Waals surface area contributed by atoms with Crippen molar-refractivity contribution in [3.05, 3.63) is 35.4 Å². The first-order valence-electron chi connectivity index (χ1n) is 6.22. The quantitative estimate of drug-likeness (QED) is 0.327. The normalized spacial score (nSPS) is 11.4. The van der Waals surface area contributed by atoms with E-state index in [1.165, 1.54) is 12.0 Å². The third kappa shape index (κ3) is 5.39. The zero-order chi connectivity index (χ0) is 14.1. The van der Waals surface area contributed by atoms with Gasteiger partial charge in [0.05, 0.1) is 6.21 Å². The predicted molar refractivity (Wildman–Crippen MR) is 82.5 cm³/mol. The molecule has 0 fully saturated rings. The third-order valence-electron chi connectivity index (χ3n) is 2.50. The fraction of sp³-hybridized carbons (Fsp3) is 0.400. The summed E-state index contributed by atoms with van der Waals surface area (Å²) in [6.45, 7) is 6.58. The van der Waals surface area contributed by atoms with Crippen LogP contribution in [0.4, 0.5) is 0 Å². The molecule has 0 amide bonds. The molecule has 0 radical (unpaired) electrons. The van der Waals surface area contributed by atoms with Gasteiger partial charge in [-0.25, -0.2) is 0 Å². The lowest BCUT2D eigenvalue weighted by Crippen LogP contribution is -2.02. The summed E-state index contributed by atoms with van der Waals surface area (Å²) in [5.74, 6) is 1.92. The Balaban J connectivity index is 2.70. The first kappa shape index (κ1) is 15.6. The highest BCUT2D eigenvalue weighted by molar-refractivity contribution is 7.99. The van der Waals surface area contributed by atoms with Crippen molar-refractivity contribution in [3.8, 4) is 5.75 Å². The Hall–Kier alpha value is -1.42. The van der Waals surface area contributed by atoms with Gasteiger partial charge in [-0.05, 0) is 44.0 Å². The number of rotatable bonds is 7. The van der Waals surface area contributed by atoms with E-state index in [1.54, 1.807) is 6.21 Å². The summed E-state index contributed by atoms with van der Waals surface area (Å²) in [4.78, 5) is 5.86. The van der Waals surface area contributed by atoms with Crippen molar-refractivity contribution in [2.24, 2.45) is 5.16 Å². The topological polar surface area (TPSA) is 30.8 Å². The summed E-state index contributed by atoms with van der Waals surface area (Å²) >= 11 is 1.83. The maximum Gasteiger partial charge on any atom is 0.127 e. The third-order valence-corrected chi connectivity index (χ3v) is 3.43. The summed E-state index contributed by atoms with van der Waals surface area (Å²) in [5.41, 5.74) is 2.29. The van der Waals surface area contributed by atoms with Crippen LogP contribution in [0.25, 0.3) is 0 Å². The van der Waals surface area contributed by atoms with E-state index in [-0.39, 0.29) is 0 Å². The van der Waals surface area contributed by atoms with Crippen LogP contribution in [0.1, 0.15) is 18.1 Å². The van der Waals surface area contributed by atoms with Gasteiger partial charge in [-0.15, -0.1) is 11.8 Å². The number of nitrogens with zero attached hydrogens (tertiary/aromatic N) is 1.